The Kier molecular flexibility index (Phi) is 5.77. The summed E-state index contributed by atoms with van der Waals surface area (Å²) in [6.07, 6.45) is 2.30. The molecule has 0 bridgehead atoms. The highest BCUT2D eigenvalue weighted by Gasteiger charge is 2.24. The molecule has 1 saturated heterocycles. The van der Waals surface area contributed by atoms with Gasteiger partial charge in [-0.2, -0.15) is 0 Å². The zero-order valence-corrected chi connectivity index (χ0v) is 16.9. The first-order valence-electron chi connectivity index (χ1n) is 9.49. The van der Waals surface area contributed by atoms with Gasteiger partial charge in [0.25, 0.3) is 0 Å². The fraction of sp³-hybridized carbons (Fsp3) is 0.500. The molecule has 0 unspecified atom stereocenters. The molecule has 28 heavy (non-hydrogen) atoms. The highest BCUT2D eigenvalue weighted by molar-refractivity contribution is 8.14. The van der Waals surface area contributed by atoms with Gasteiger partial charge in [0.15, 0.2) is 0 Å². The summed E-state index contributed by atoms with van der Waals surface area (Å²) in [5.41, 5.74) is 3.04. The number of rotatable bonds is 6. The quantitative estimate of drug-likeness (QED) is 0.721. The van der Waals surface area contributed by atoms with E-state index in [1.807, 2.05) is 12.1 Å². The summed E-state index contributed by atoms with van der Waals surface area (Å²) in [6.45, 7) is 1.57. The smallest absolute Gasteiger partial charge is 0.307 e. The van der Waals surface area contributed by atoms with Gasteiger partial charge in [0, 0.05) is 36.5 Å². The predicted molar refractivity (Wildman–Crippen MR) is 112 cm³/mol. The number of aromatic nitrogens is 1. The Hall–Kier alpha value is -2.19. The molecule has 8 heteroatoms. The van der Waals surface area contributed by atoms with Gasteiger partial charge in [-0.1, -0.05) is 0 Å². The number of aromatic amines is 1. The number of nitrogens with one attached hydrogen (secondary N) is 2. The Balaban J connectivity index is 1.61. The van der Waals surface area contributed by atoms with Crippen molar-refractivity contribution >= 4 is 39.4 Å². The molecule has 7 nitrogen and oxygen atoms in total. The van der Waals surface area contributed by atoms with E-state index in [0.29, 0.717) is 12.5 Å². The summed E-state index contributed by atoms with van der Waals surface area (Å²) in [4.78, 5) is 19.7. The second-order valence-electron chi connectivity index (χ2n) is 7.03. The first kappa shape index (κ1) is 19.1. The topological polar surface area (TPSA) is 84.9 Å². The first-order chi connectivity index (χ1) is 13.7. The molecule has 1 fully saturated rings. The van der Waals surface area contributed by atoms with Crippen LogP contribution in [-0.4, -0.2) is 61.3 Å². The third-order valence-electron chi connectivity index (χ3n) is 5.09. The van der Waals surface area contributed by atoms with E-state index in [0.717, 1.165) is 64.9 Å². The van der Waals surface area contributed by atoms with Crippen LogP contribution in [0.3, 0.4) is 0 Å². The van der Waals surface area contributed by atoms with Gasteiger partial charge >= 0.3 is 5.97 Å². The van der Waals surface area contributed by atoms with Gasteiger partial charge in [-0.3, -0.25) is 9.79 Å². The largest absolute Gasteiger partial charge is 0.497 e. The van der Waals surface area contributed by atoms with Crippen molar-refractivity contribution in [3.8, 4) is 5.75 Å². The number of benzene rings is 1. The second-order valence-corrected chi connectivity index (χ2v) is 8.04. The fourth-order valence-corrected chi connectivity index (χ4v) is 4.60. The van der Waals surface area contributed by atoms with E-state index in [9.17, 15) is 4.79 Å². The number of methoxy groups -OCH3 is 2. The maximum atomic E-state index is 11.5. The van der Waals surface area contributed by atoms with E-state index < -0.39 is 0 Å². The molecule has 0 saturated carbocycles. The summed E-state index contributed by atoms with van der Waals surface area (Å²) in [5.74, 6) is 1.38. The number of carbonyl (C=O) groups excluding carboxylic acids is 1. The normalized spacial score (nSPS) is 20.2. The van der Waals surface area contributed by atoms with Crippen LogP contribution in [0.25, 0.3) is 10.9 Å². The van der Waals surface area contributed by atoms with Gasteiger partial charge in [0.1, 0.15) is 10.8 Å². The second kappa shape index (κ2) is 8.45. The van der Waals surface area contributed by atoms with Gasteiger partial charge in [0.2, 0.25) is 0 Å². The van der Waals surface area contributed by atoms with Crippen molar-refractivity contribution in [2.75, 3.05) is 38.5 Å². The zero-order chi connectivity index (χ0) is 19.5. The van der Waals surface area contributed by atoms with Gasteiger partial charge in [-0.05, 0) is 25.0 Å². The molecule has 2 aromatic rings. The molecule has 0 amide bonds. The molecule has 3 heterocycles. The molecule has 2 aliphatic heterocycles. The third-order valence-corrected chi connectivity index (χ3v) is 6.24. The molecule has 1 atom stereocenters. The van der Waals surface area contributed by atoms with Crippen LogP contribution in [0, 0.1) is 0 Å². The minimum atomic E-state index is -0.222. The van der Waals surface area contributed by atoms with Crippen LogP contribution in [-0.2, 0) is 14.3 Å². The van der Waals surface area contributed by atoms with Gasteiger partial charge in [-0.25, -0.2) is 0 Å². The highest BCUT2D eigenvalue weighted by atomic mass is 32.2. The Morgan fingerprint density at radius 2 is 2.14 bits per heavy atom. The minimum absolute atomic E-state index is 0.0340. The molecule has 0 spiro atoms. The van der Waals surface area contributed by atoms with E-state index in [1.54, 1.807) is 18.9 Å². The molecular formula is C20H25N3O4S. The number of fused-ring (bicyclic) bond motifs is 1. The molecule has 0 aliphatic carbocycles. The first-order valence-corrected chi connectivity index (χ1v) is 10.5. The zero-order valence-electron chi connectivity index (χ0n) is 16.1. The van der Waals surface area contributed by atoms with Crippen LogP contribution in [0.5, 0.6) is 5.75 Å². The van der Waals surface area contributed by atoms with E-state index in [4.69, 9.17) is 19.2 Å². The van der Waals surface area contributed by atoms with E-state index >= 15 is 0 Å². The van der Waals surface area contributed by atoms with Gasteiger partial charge < -0.3 is 24.5 Å². The van der Waals surface area contributed by atoms with Crippen LogP contribution in [0.15, 0.2) is 23.2 Å². The van der Waals surface area contributed by atoms with Crippen LogP contribution in [0.2, 0.25) is 0 Å². The Labute approximate surface area is 168 Å². The Bertz CT molecular complexity index is 889. The summed E-state index contributed by atoms with van der Waals surface area (Å²) in [6, 6.07) is 6.50. The fourth-order valence-electron chi connectivity index (χ4n) is 3.57. The number of anilines is 1. The van der Waals surface area contributed by atoms with E-state index in [1.165, 1.54) is 7.11 Å². The SMILES string of the molecule is COC(=O)C[C@@H]1CSC(c2cc3cc(OC)cc(NC4CCOCC4)c3[nH]2)=N1. The molecule has 1 aromatic heterocycles. The summed E-state index contributed by atoms with van der Waals surface area (Å²) in [5, 5.41) is 5.65. The predicted octanol–water partition coefficient (Wildman–Crippen LogP) is 3.19. The average Bonchev–Trinajstić information content (AvgIpc) is 3.35. The Morgan fingerprint density at radius 3 is 2.89 bits per heavy atom. The standard InChI is InChI=1S/C20H25N3O4S/c1-25-15-7-12-8-17(20-22-14(11-28-20)9-18(24)26-2)23-19(12)16(10-15)21-13-3-5-27-6-4-13/h7-8,10,13-14,21,23H,3-6,9,11H2,1-2H3/t14-/m1/s1. The van der Waals surface area contributed by atoms with Crippen molar-refractivity contribution in [2.45, 2.75) is 31.3 Å². The summed E-state index contributed by atoms with van der Waals surface area (Å²) < 4.78 is 15.7. The van der Waals surface area contributed by atoms with Gasteiger partial charge in [0.05, 0.1) is 43.6 Å². The number of thioether (sulfide) groups is 1. The number of nitrogens with zero attached hydrogens (tertiary/aromatic N) is 1. The number of aliphatic imine (C=N–C) groups is 1. The van der Waals surface area contributed by atoms with Crippen molar-refractivity contribution in [1.82, 2.24) is 4.98 Å². The number of ether oxygens (including phenoxy) is 3. The Morgan fingerprint density at radius 1 is 1.32 bits per heavy atom. The lowest BCUT2D eigenvalue weighted by atomic mass is 10.1. The van der Waals surface area contributed by atoms with Crippen LogP contribution in [0.1, 0.15) is 25.0 Å². The lowest BCUT2D eigenvalue weighted by Gasteiger charge is -2.24. The van der Waals surface area contributed by atoms with Crippen molar-refractivity contribution < 1.29 is 19.0 Å². The minimum Gasteiger partial charge on any atom is -0.497 e. The van der Waals surface area contributed by atoms with Gasteiger partial charge in [-0.15, -0.1) is 11.8 Å². The van der Waals surface area contributed by atoms with Crippen LogP contribution < -0.4 is 10.1 Å². The van der Waals surface area contributed by atoms with Crippen molar-refractivity contribution in [1.29, 1.82) is 0 Å². The van der Waals surface area contributed by atoms with Crippen molar-refractivity contribution in [3.05, 3.63) is 23.9 Å². The monoisotopic (exact) mass is 403 g/mol. The molecular weight excluding hydrogens is 378 g/mol. The van der Waals surface area contributed by atoms with Crippen molar-refractivity contribution in [2.24, 2.45) is 4.99 Å². The number of H-pyrrole nitrogens is 1. The van der Waals surface area contributed by atoms with Crippen molar-refractivity contribution in [3.63, 3.8) is 0 Å². The molecule has 1 aromatic carbocycles. The lowest BCUT2D eigenvalue weighted by Crippen LogP contribution is -2.27. The number of esters is 1. The number of hydrogen-bond acceptors (Lipinski definition) is 7. The molecule has 2 N–H and O–H groups in total. The van der Waals surface area contributed by atoms with E-state index in [-0.39, 0.29) is 12.0 Å². The summed E-state index contributed by atoms with van der Waals surface area (Å²) in [7, 11) is 3.09. The molecule has 0 radical (unpaired) electrons. The highest BCUT2D eigenvalue weighted by Crippen LogP contribution is 2.33. The molecule has 4 rings (SSSR count). The average molecular weight is 404 g/mol. The van der Waals surface area contributed by atoms with Crippen LogP contribution in [0.4, 0.5) is 5.69 Å². The molecule has 150 valence electrons. The van der Waals surface area contributed by atoms with Crippen LogP contribution >= 0.6 is 11.8 Å². The number of hydrogen-bond donors (Lipinski definition) is 2. The number of carbonyl (C=O) groups is 1. The maximum Gasteiger partial charge on any atom is 0.307 e. The summed E-state index contributed by atoms with van der Waals surface area (Å²) >= 11 is 1.67. The maximum absolute atomic E-state index is 11.5. The lowest BCUT2D eigenvalue weighted by molar-refractivity contribution is -0.140. The van der Waals surface area contributed by atoms with E-state index in [2.05, 4.69) is 16.4 Å². The molecule has 2 aliphatic rings. The third kappa shape index (κ3) is 4.12.